The number of amides is 1. The highest BCUT2D eigenvalue weighted by molar-refractivity contribution is 7.80. The Hall–Kier alpha value is -2.06. The number of nitrogens with zero attached hydrogens (tertiary/aromatic N) is 2. The lowest BCUT2D eigenvalue weighted by Crippen LogP contribution is -2.60. The zero-order chi connectivity index (χ0) is 21.0. The summed E-state index contributed by atoms with van der Waals surface area (Å²) >= 11 is 5.52. The Morgan fingerprint density at radius 2 is 1.93 bits per heavy atom. The van der Waals surface area contributed by atoms with Crippen LogP contribution < -0.4 is 20.1 Å². The minimum atomic E-state index is -0.266. The molecule has 29 heavy (non-hydrogen) atoms. The molecule has 3 rings (SSSR count). The van der Waals surface area contributed by atoms with Crippen LogP contribution in [0.5, 0.6) is 11.5 Å². The molecule has 0 radical (unpaired) electrons. The zero-order valence-electron chi connectivity index (χ0n) is 17.8. The Kier molecular flexibility index (Phi) is 6.85. The molecule has 0 bridgehead atoms. The third-order valence-corrected chi connectivity index (χ3v) is 6.12. The van der Waals surface area contributed by atoms with Crippen molar-refractivity contribution >= 4 is 23.2 Å². The van der Waals surface area contributed by atoms with Crippen molar-refractivity contribution in [3.63, 3.8) is 0 Å². The predicted molar refractivity (Wildman–Crippen MR) is 117 cm³/mol. The molecule has 2 N–H and O–H groups in total. The fourth-order valence-corrected chi connectivity index (χ4v) is 4.57. The number of methoxy groups -OCH3 is 2. The summed E-state index contributed by atoms with van der Waals surface area (Å²) in [5, 5.41) is 7.60. The van der Waals surface area contributed by atoms with Crippen LogP contribution in [0.25, 0.3) is 0 Å². The molecule has 2 aliphatic heterocycles. The molecule has 8 heteroatoms. The normalized spacial score (nSPS) is 18.4. The topological polar surface area (TPSA) is 66.1 Å². The van der Waals surface area contributed by atoms with E-state index in [0.29, 0.717) is 30.6 Å². The quantitative estimate of drug-likeness (QED) is 0.680. The van der Waals surface area contributed by atoms with Gasteiger partial charge in [0.2, 0.25) is 5.91 Å². The van der Waals surface area contributed by atoms with E-state index >= 15 is 0 Å². The number of carbonyl (C=O) groups excluding carboxylic acids is 1. The second-order valence-corrected chi connectivity index (χ2v) is 8.35. The number of likely N-dealkylation sites (tertiary alicyclic amines) is 1. The van der Waals surface area contributed by atoms with Crippen LogP contribution in [0.3, 0.4) is 0 Å². The first kappa shape index (κ1) is 21.6. The summed E-state index contributed by atoms with van der Waals surface area (Å²) in [5.74, 6) is 1.59. The standard InChI is InChI=1S/C21H32N4O3S/c1-15(2)23-20(29)24-11-8-21(9-12-24)22-14-19(26)25(21)10-7-16-5-6-17(27-3)18(13-16)28-4/h5-6,13,15,22H,7-12,14H2,1-4H3,(H,23,29). The van der Waals surface area contributed by atoms with E-state index in [1.54, 1.807) is 14.2 Å². The van der Waals surface area contributed by atoms with E-state index < -0.39 is 0 Å². The molecule has 1 amide bonds. The van der Waals surface area contributed by atoms with Gasteiger partial charge in [-0.2, -0.15) is 0 Å². The first-order valence-corrected chi connectivity index (χ1v) is 10.6. The highest BCUT2D eigenvalue weighted by Gasteiger charge is 2.46. The molecule has 7 nitrogen and oxygen atoms in total. The summed E-state index contributed by atoms with van der Waals surface area (Å²) < 4.78 is 10.7. The van der Waals surface area contributed by atoms with E-state index in [9.17, 15) is 4.79 Å². The number of benzene rings is 1. The van der Waals surface area contributed by atoms with Crippen LogP contribution in [0.15, 0.2) is 18.2 Å². The van der Waals surface area contributed by atoms with E-state index in [4.69, 9.17) is 21.7 Å². The first-order valence-electron chi connectivity index (χ1n) is 10.2. The lowest BCUT2D eigenvalue weighted by atomic mass is 9.95. The second kappa shape index (κ2) is 9.17. The van der Waals surface area contributed by atoms with Gasteiger partial charge < -0.3 is 24.6 Å². The van der Waals surface area contributed by atoms with Crippen molar-refractivity contribution in [1.29, 1.82) is 0 Å². The van der Waals surface area contributed by atoms with Gasteiger partial charge in [0, 0.05) is 38.5 Å². The molecule has 1 spiro atoms. The maximum absolute atomic E-state index is 12.6. The summed E-state index contributed by atoms with van der Waals surface area (Å²) in [6.45, 7) is 6.93. The number of nitrogens with one attached hydrogen (secondary N) is 2. The maximum atomic E-state index is 12.6. The smallest absolute Gasteiger partial charge is 0.238 e. The summed E-state index contributed by atoms with van der Waals surface area (Å²) in [7, 11) is 3.27. The highest BCUT2D eigenvalue weighted by atomic mass is 32.1. The molecule has 0 aromatic heterocycles. The van der Waals surface area contributed by atoms with Gasteiger partial charge in [-0.15, -0.1) is 0 Å². The number of carbonyl (C=O) groups is 1. The molecule has 2 fully saturated rings. The monoisotopic (exact) mass is 420 g/mol. The van der Waals surface area contributed by atoms with E-state index in [1.165, 1.54) is 0 Å². The van der Waals surface area contributed by atoms with Crippen LogP contribution in [0.2, 0.25) is 0 Å². The molecule has 160 valence electrons. The van der Waals surface area contributed by atoms with Gasteiger partial charge >= 0.3 is 0 Å². The molecule has 2 aliphatic rings. The van der Waals surface area contributed by atoms with Crippen molar-refractivity contribution in [2.24, 2.45) is 0 Å². The average Bonchev–Trinajstić information content (AvgIpc) is 3.01. The predicted octanol–water partition coefficient (Wildman–Crippen LogP) is 1.75. The van der Waals surface area contributed by atoms with Crippen LogP contribution >= 0.6 is 12.2 Å². The Labute approximate surface area is 178 Å². The van der Waals surface area contributed by atoms with Gasteiger partial charge in [-0.25, -0.2) is 0 Å². The number of thiocarbonyl (C=S) groups is 1. The highest BCUT2D eigenvalue weighted by Crippen LogP contribution is 2.32. The largest absolute Gasteiger partial charge is 0.493 e. The molecule has 0 unspecified atom stereocenters. The van der Waals surface area contributed by atoms with Gasteiger partial charge in [0.1, 0.15) is 0 Å². The molecule has 2 heterocycles. The molecule has 0 saturated carbocycles. The Morgan fingerprint density at radius 1 is 1.24 bits per heavy atom. The van der Waals surface area contributed by atoms with E-state index in [0.717, 1.165) is 43.0 Å². The number of rotatable bonds is 6. The van der Waals surface area contributed by atoms with Gasteiger partial charge in [-0.05, 0) is 50.2 Å². The van der Waals surface area contributed by atoms with Crippen molar-refractivity contribution < 1.29 is 14.3 Å². The third kappa shape index (κ3) is 4.75. The van der Waals surface area contributed by atoms with Crippen molar-refractivity contribution in [1.82, 2.24) is 20.4 Å². The Morgan fingerprint density at radius 3 is 2.55 bits per heavy atom. The van der Waals surface area contributed by atoms with Crippen LogP contribution in [-0.4, -0.2) is 72.9 Å². The lowest BCUT2D eigenvalue weighted by Gasteiger charge is -2.45. The molecule has 0 aliphatic carbocycles. The molecule has 2 saturated heterocycles. The number of piperidine rings is 1. The minimum absolute atomic E-state index is 0.168. The van der Waals surface area contributed by atoms with Gasteiger partial charge in [0.05, 0.1) is 26.4 Å². The molecule has 1 aromatic rings. The van der Waals surface area contributed by atoms with Gasteiger partial charge in [0.15, 0.2) is 16.6 Å². The van der Waals surface area contributed by atoms with Crippen LogP contribution in [0.1, 0.15) is 32.3 Å². The summed E-state index contributed by atoms with van der Waals surface area (Å²) in [6, 6.07) is 6.25. The van der Waals surface area contributed by atoms with Crippen molar-refractivity contribution in [3.05, 3.63) is 23.8 Å². The Balaban J connectivity index is 1.63. The average molecular weight is 421 g/mol. The SMILES string of the molecule is COc1ccc(CCN2C(=O)CNC23CCN(C(=S)NC(C)C)CC3)cc1OC. The maximum Gasteiger partial charge on any atom is 0.238 e. The summed E-state index contributed by atoms with van der Waals surface area (Å²) in [6.07, 6.45) is 2.50. The van der Waals surface area contributed by atoms with E-state index in [1.807, 2.05) is 23.1 Å². The second-order valence-electron chi connectivity index (χ2n) is 7.96. The molecular formula is C21H32N4O3S. The fraction of sp³-hybridized carbons (Fsp3) is 0.619. The third-order valence-electron chi connectivity index (χ3n) is 5.75. The molecular weight excluding hydrogens is 388 g/mol. The fourth-order valence-electron chi connectivity index (χ4n) is 4.15. The molecule has 0 atom stereocenters. The molecule has 1 aromatic carbocycles. The minimum Gasteiger partial charge on any atom is -0.493 e. The number of ether oxygens (including phenoxy) is 2. The number of hydrogen-bond donors (Lipinski definition) is 2. The lowest BCUT2D eigenvalue weighted by molar-refractivity contribution is -0.131. The van der Waals surface area contributed by atoms with Crippen molar-refractivity contribution in [2.45, 2.75) is 44.8 Å². The summed E-state index contributed by atoms with van der Waals surface area (Å²) in [5.41, 5.74) is 0.856. The van der Waals surface area contributed by atoms with E-state index in [-0.39, 0.29) is 11.6 Å². The Bertz CT molecular complexity index is 747. The van der Waals surface area contributed by atoms with E-state index in [2.05, 4.69) is 29.4 Å². The zero-order valence-corrected chi connectivity index (χ0v) is 18.6. The van der Waals surface area contributed by atoms with Gasteiger partial charge in [0.25, 0.3) is 0 Å². The van der Waals surface area contributed by atoms with Crippen LogP contribution in [0.4, 0.5) is 0 Å². The van der Waals surface area contributed by atoms with Crippen molar-refractivity contribution in [2.75, 3.05) is 40.4 Å². The van der Waals surface area contributed by atoms with Gasteiger partial charge in [-0.1, -0.05) is 6.07 Å². The van der Waals surface area contributed by atoms with Crippen molar-refractivity contribution in [3.8, 4) is 11.5 Å². The van der Waals surface area contributed by atoms with Gasteiger partial charge in [-0.3, -0.25) is 10.1 Å². The summed E-state index contributed by atoms with van der Waals surface area (Å²) in [4.78, 5) is 16.9. The van der Waals surface area contributed by atoms with Crippen LogP contribution in [0, 0.1) is 0 Å². The first-order chi connectivity index (χ1) is 13.9. The van der Waals surface area contributed by atoms with Crippen LogP contribution in [-0.2, 0) is 11.2 Å². The number of hydrogen-bond acceptors (Lipinski definition) is 5.